The van der Waals surface area contributed by atoms with Crippen molar-refractivity contribution in [3.63, 3.8) is 0 Å². The van der Waals surface area contributed by atoms with Crippen LogP contribution in [0.15, 0.2) is 24.7 Å². The monoisotopic (exact) mass is 331 g/mol. The molecular formula is C15H21N7O2. The zero-order valence-corrected chi connectivity index (χ0v) is 13.9. The van der Waals surface area contributed by atoms with Crippen molar-refractivity contribution in [3.05, 3.63) is 30.4 Å². The predicted molar refractivity (Wildman–Crippen MR) is 85.1 cm³/mol. The van der Waals surface area contributed by atoms with Crippen molar-refractivity contribution in [1.82, 2.24) is 35.0 Å². The average molecular weight is 331 g/mol. The highest BCUT2D eigenvalue weighted by molar-refractivity contribution is 5.76. The molecule has 3 rings (SSSR count). The lowest BCUT2D eigenvalue weighted by Crippen LogP contribution is -2.33. The van der Waals surface area contributed by atoms with Crippen LogP contribution in [0.2, 0.25) is 0 Å². The van der Waals surface area contributed by atoms with E-state index in [0.717, 1.165) is 24.4 Å². The molecular weight excluding hydrogens is 310 g/mol. The van der Waals surface area contributed by atoms with E-state index in [-0.39, 0.29) is 18.6 Å². The number of ether oxygens (including phenoxy) is 1. The fourth-order valence-corrected chi connectivity index (χ4v) is 2.67. The Morgan fingerprint density at radius 3 is 3.08 bits per heavy atom. The SMILES string of the molecule is CN(C)Cc1cc(OC2CCN(C(=O)Cn3cnnn3)C2)ccn1. The third kappa shape index (κ3) is 4.25. The van der Waals surface area contributed by atoms with Crippen LogP contribution in [0.1, 0.15) is 12.1 Å². The first-order valence-electron chi connectivity index (χ1n) is 7.85. The summed E-state index contributed by atoms with van der Waals surface area (Å²) in [5.41, 5.74) is 0.960. The first-order valence-corrected chi connectivity index (χ1v) is 7.85. The van der Waals surface area contributed by atoms with Gasteiger partial charge in [-0.05, 0) is 30.6 Å². The number of carbonyl (C=O) groups is 1. The lowest BCUT2D eigenvalue weighted by Gasteiger charge is -2.17. The third-order valence-corrected chi connectivity index (χ3v) is 3.76. The molecule has 9 nitrogen and oxygen atoms in total. The van der Waals surface area contributed by atoms with Crippen molar-refractivity contribution >= 4 is 5.91 Å². The van der Waals surface area contributed by atoms with E-state index in [4.69, 9.17) is 4.74 Å². The van der Waals surface area contributed by atoms with Gasteiger partial charge in [-0.15, -0.1) is 5.10 Å². The Morgan fingerprint density at radius 1 is 1.46 bits per heavy atom. The van der Waals surface area contributed by atoms with E-state index in [1.165, 1.54) is 11.0 Å². The zero-order valence-electron chi connectivity index (χ0n) is 13.9. The van der Waals surface area contributed by atoms with Crippen LogP contribution in [-0.4, -0.2) is 74.2 Å². The Morgan fingerprint density at radius 2 is 2.33 bits per heavy atom. The average Bonchev–Trinajstić information content (AvgIpc) is 3.18. The Balaban J connectivity index is 1.53. The fraction of sp³-hybridized carbons (Fsp3) is 0.533. The minimum absolute atomic E-state index is 0.00238. The molecule has 3 heterocycles. The molecule has 0 saturated carbocycles. The fourth-order valence-electron chi connectivity index (χ4n) is 2.67. The summed E-state index contributed by atoms with van der Waals surface area (Å²) in [6, 6.07) is 3.80. The molecule has 0 aliphatic carbocycles. The van der Waals surface area contributed by atoms with Gasteiger partial charge in [-0.2, -0.15) is 0 Å². The largest absolute Gasteiger partial charge is 0.488 e. The molecule has 0 aromatic carbocycles. The minimum Gasteiger partial charge on any atom is -0.488 e. The molecule has 1 atom stereocenters. The van der Waals surface area contributed by atoms with Gasteiger partial charge < -0.3 is 14.5 Å². The predicted octanol–water partition coefficient (Wildman–Crippen LogP) is -0.190. The van der Waals surface area contributed by atoms with Gasteiger partial charge in [0.1, 0.15) is 24.7 Å². The molecule has 0 radical (unpaired) electrons. The lowest BCUT2D eigenvalue weighted by atomic mass is 10.3. The number of hydrogen-bond donors (Lipinski definition) is 0. The summed E-state index contributed by atoms with van der Waals surface area (Å²) in [5.74, 6) is 0.790. The first-order chi connectivity index (χ1) is 11.6. The van der Waals surface area contributed by atoms with Crippen molar-refractivity contribution < 1.29 is 9.53 Å². The van der Waals surface area contributed by atoms with Crippen LogP contribution in [0.25, 0.3) is 0 Å². The highest BCUT2D eigenvalue weighted by atomic mass is 16.5. The van der Waals surface area contributed by atoms with Gasteiger partial charge in [-0.3, -0.25) is 9.78 Å². The molecule has 0 N–H and O–H groups in total. The Kier molecular flexibility index (Phi) is 4.99. The quantitative estimate of drug-likeness (QED) is 0.725. The number of likely N-dealkylation sites (tertiary alicyclic amines) is 1. The van der Waals surface area contributed by atoms with E-state index >= 15 is 0 Å². The van der Waals surface area contributed by atoms with Crippen LogP contribution < -0.4 is 4.74 Å². The molecule has 2 aromatic heterocycles. The standard InChI is InChI=1S/C15H21N7O2/c1-20(2)8-12-7-13(3-5-16-12)24-14-4-6-21(9-14)15(23)10-22-11-17-18-19-22/h3,5,7,11,14H,4,6,8-10H2,1-2H3. The van der Waals surface area contributed by atoms with E-state index in [9.17, 15) is 4.79 Å². The third-order valence-electron chi connectivity index (χ3n) is 3.76. The lowest BCUT2D eigenvalue weighted by molar-refractivity contribution is -0.131. The van der Waals surface area contributed by atoms with Gasteiger partial charge in [0.25, 0.3) is 0 Å². The number of rotatable bonds is 6. The summed E-state index contributed by atoms with van der Waals surface area (Å²) in [6.07, 6.45) is 4.00. The number of tetrazole rings is 1. The van der Waals surface area contributed by atoms with Crippen LogP contribution in [0.3, 0.4) is 0 Å². The van der Waals surface area contributed by atoms with Gasteiger partial charge in [0.15, 0.2) is 0 Å². The van der Waals surface area contributed by atoms with Crippen molar-refractivity contribution in [2.45, 2.75) is 25.6 Å². The number of nitrogens with zero attached hydrogens (tertiary/aromatic N) is 7. The maximum absolute atomic E-state index is 12.2. The zero-order chi connectivity index (χ0) is 16.9. The summed E-state index contributed by atoms with van der Waals surface area (Å²) in [6.45, 7) is 2.17. The Bertz CT molecular complexity index is 674. The van der Waals surface area contributed by atoms with Crippen LogP contribution in [-0.2, 0) is 17.9 Å². The van der Waals surface area contributed by atoms with E-state index < -0.39 is 0 Å². The summed E-state index contributed by atoms with van der Waals surface area (Å²) in [4.78, 5) is 20.4. The van der Waals surface area contributed by atoms with E-state index in [1.54, 1.807) is 11.1 Å². The van der Waals surface area contributed by atoms with Gasteiger partial charge in [-0.25, -0.2) is 4.68 Å². The van der Waals surface area contributed by atoms with Gasteiger partial charge in [0.2, 0.25) is 5.91 Å². The van der Waals surface area contributed by atoms with Gasteiger partial charge in [0.05, 0.1) is 12.2 Å². The van der Waals surface area contributed by atoms with E-state index in [0.29, 0.717) is 13.1 Å². The summed E-state index contributed by atoms with van der Waals surface area (Å²) < 4.78 is 7.44. The molecule has 2 aromatic rings. The number of amides is 1. The summed E-state index contributed by atoms with van der Waals surface area (Å²) in [5, 5.41) is 10.8. The number of pyridine rings is 1. The minimum atomic E-state index is -0.00331. The topological polar surface area (TPSA) is 89.3 Å². The molecule has 9 heteroatoms. The second-order valence-corrected chi connectivity index (χ2v) is 6.10. The Hall–Kier alpha value is -2.55. The van der Waals surface area contributed by atoms with Crippen LogP contribution in [0.5, 0.6) is 5.75 Å². The van der Waals surface area contributed by atoms with E-state index in [2.05, 4.69) is 25.4 Å². The van der Waals surface area contributed by atoms with E-state index in [1.807, 2.05) is 26.2 Å². The molecule has 128 valence electrons. The molecule has 1 saturated heterocycles. The van der Waals surface area contributed by atoms with Crippen molar-refractivity contribution in [3.8, 4) is 5.75 Å². The molecule has 1 fully saturated rings. The van der Waals surface area contributed by atoms with Gasteiger partial charge in [0, 0.05) is 31.8 Å². The second kappa shape index (κ2) is 7.35. The van der Waals surface area contributed by atoms with Crippen LogP contribution in [0.4, 0.5) is 0 Å². The Labute approximate surface area is 140 Å². The highest BCUT2D eigenvalue weighted by Gasteiger charge is 2.27. The van der Waals surface area contributed by atoms with Crippen LogP contribution in [0, 0.1) is 0 Å². The van der Waals surface area contributed by atoms with Gasteiger partial charge in [-0.1, -0.05) is 0 Å². The first kappa shape index (κ1) is 16.3. The summed E-state index contributed by atoms with van der Waals surface area (Å²) in [7, 11) is 4.00. The number of aromatic nitrogens is 5. The molecule has 0 spiro atoms. The molecule has 1 aliphatic heterocycles. The molecule has 1 unspecified atom stereocenters. The molecule has 1 aliphatic rings. The van der Waals surface area contributed by atoms with Crippen LogP contribution >= 0.6 is 0 Å². The number of hydrogen-bond acceptors (Lipinski definition) is 7. The second-order valence-electron chi connectivity index (χ2n) is 6.10. The molecule has 24 heavy (non-hydrogen) atoms. The molecule has 0 bridgehead atoms. The smallest absolute Gasteiger partial charge is 0.244 e. The highest BCUT2D eigenvalue weighted by Crippen LogP contribution is 2.19. The van der Waals surface area contributed by atoms with Crippen molar-refractivity contribution in [2.75, 3.05) is 27.2 Å². The number of carbonyl (C=O) groups excluding carboxylic acids is 1. The normalized spacial score (nSPS) is 17.5. The maximum Gasteiger partial charge on any atom is 0.244 e. The van der Waals surface area contributed by atoms with Gasteiger partial charge >= 0.3 is 0 Å². The van der Waals surface area contributed by atoms with Crippen molar-refractivity contribution in [2.24, 2.45) is 0 Å². The van der Waals surface area contributed by atoms with Crippen molar-refractivity contribution in [1.29, 1.82) is 0 Å². The molecule has 1 amide bonds. The maximum atomic E-state index is 12.2. The summed E-state index contributed by atoms with van der Waals surface area (Å²) >= 11 is 0.